The first-order valence-corrected chi connectivity index (χ1v) is 20.1. The highest BCUT2D eigenvalue weighted by Crippen LogP contribution is 2.38. The summed E-state index contributed by atoms with van der Waals surface area (Å²) in [6.07, 6.45) is 5.05. The number of ether oxygens (including phenoxy) is 4. The minimum atomic E-state index is -3.07. The van der Waals surface area contributed by atoms with Crippen LogP contribution >= 0.6 is 23.2 Å². The summed E-state index contributed by atoms with van der Waals surface area (Å²) in [5.41, 5.74) is 3.08. The number of carbonyl (C=O) groups is 3. The number of carboxylic acid groups (broad SMARTS) is 1. The fourth-order valence-electron chi connectivity index (χ4n) is 7.34. The summed E-state index contributed by atoms with van der Waals surface area (Å²) in [5, 5.41) is 22.4. The van der Waals surface area contributed by atoms with Crippen molar-refractivity contribution in [1.29, 1.82) is 0 Å². The number of piperidine rings is 3. The number of alkyl halides is 2. The largest absolute Gasteiger partial charge is 0.619 e. The predicted molar refractivity (Wildman–Crippen MR) is 213 cm³/mol. The first kappa shape index (κ1) is 43.6. The van der Waals surface area contributed by atoms with E-state index >= 15 is 0 Å². The van der Waals surface area contributed by atoms with E-state index in [2.05, 4.69) is 10.2 Å². The SMILES string of the molecule is O=C(Cc1cccc(CNC(C(=O)O[C@H]2CN3CCC2CC3)c2ccccc2)c1)O[C@@H](Cc1c(Cl)c[n+]([O-])cc1Cl)c1ccc(OC(F)F)c(OCC2CC2)c1.O=CO. The number of pyridine rings is 1. The molecule has 3 aromatic carbocycles. The summed E-state index contributed by atoms with van der Waals surface area (Å²) < 4.78 is 49.8. The standard InChI is InChI=1S/C42H43Cl2F2N3O7.CH2O2/c43-33-22-49(52)23-34(44)32(33)20-36(31-11-12-35(56-42(45)46)37(19-31)53-25-26-9-10-26)54-39(50)18-27-5-4-6-28(17-27)21-47-40(30-7-2-1-3-8-30)41(51)55-38-24-48-15-13-29(38)14-16-48;2-1-3/h1-8,11-12,17,19,22-23,26,29,36,38,40,42,47H,9-10,13-16,18,20-21,24-25H2;1H,(H,2,3)/t36-,38-,40?;/m0./s1. The molecule has 16 heteroatoms. The van der Waals surface area contributed by atoms with E-state index in [1.54, 1.807) is 6.07 Å². The monoisotopic (exact) mass is 855 g/mol. The van der Waals surface area contributed by atoms with Crippen LogP contribution in [0.4, 0.5) is 8.78 Å². The Balaban J connectivity index is 0.00000189. The van der Waals surface area contributed by atoms with E-state index in [4.69, 9.17) is 52.1 Å². The van der Waals surface area contributed by atoms with Crippen LogP contribution in [-0.2, 0) is 43.2 Å². The maximum absolute atomic E-state index is 13.6. The number of rotatable bonds is 17. The Bertz CT molecular complexity index is 2030. The Morgan fingerprint density at radius 1 is 0.932 bits per heavy atom. The number of benzene rings is 3. The van der Waals surface area contributed by atoms with Gasteiger partial charge in [0, 0.05) is 25.1 Å². The molecule has 0 spiro atoms. The van der Waals surface area contributed by atoms with Crippen LogP contribution in [-0.4, -0.2) is 67.4 Å². The minimum Gasteiger partial charge on any atom is -0.619 e. The molecule has 0 radical (unpaired) electrons. The van der Waals surface area contributed by atoms with Gasteiger partial charge in [-0.1, -0.05) is 83.9 Å². The smallest absolute Gasteiger partial charge is 0.387 e. The van der Waals surface area contributed by atoms with Crippen LogP contribution in [0.1, 0.15) is 65.6 Å². The van der Waals surface area contributed by atoms with E-state index in [1.807, 2.05) is 48.5 Å². The number of aromatic nitrogens is 1. The van der Waals surface area contributed by atoms with Gasteiger partial charge < -0.3 is 29.3 Å². The van der Waals surface area contributed by atoms with Crippen LogP contribution in [0, 0.1) is 17.0 Å². The highest BCUT2D eigenvalue weighted by atomic mass is 35.5. The molecule has 12 nitrogen and oxygen atoms in total. The molecule has 59 heavy (non-hydrogen) atoms. The number of esters is 2. The molecule has 3 saturated heterocycles. The van der Waals surface area contributed by atoms with Gasteiger partial charge in [-0.25, -0.2) is 4.79 Å². The lowest BCUT2D eigenvalue weighted by Gasteiger charge is -2.44. The number of carbonyl (C=O) groups excluding carboxylic acids is 2. The molecule has 4 heterocycles. The van der Waals surface area contributed by atoms with Crippen molar-refractivity contribution < 1.29 is 51.9 Å². The molecule has 1 saturated carbocycles. The molecule has 3 aliphatic heterocycles. The zero-order valence-electron chi connectivity index (χ0n) is 32.0. The van der Waals surface area contributed by atoms with Crippen molar-refractivity contribution in [3.8, 4) is 11.5 Å². The molecule has 4 aliphatic rings. The Morgan fingerprint density at radius 2 is 1.63 bits per heavy atom. The molecule has 3 atom stereocenters. The molecule has 1 aliphatic carbocycles. The first-order valence-electron chi connectivity index (χ1n) is 19.3. The van der Waals surface area contributed by atoms with Crippen LogP contribution in [0.5, 0.6) is 11.5 Å². The van der Waals surface area contributed by atoms with Crippen LogP contribution in [0.2, 0.25) is 10.0 Å². The molecular weight excluding hydrogens is 811 g/mol. The Labute approximate surface area is 350 Å². The van der Waals surface area contributed by atoms with Gasteiger partial charge in [-0.05, 0) is 85.0 Å². The Morgan fingerprint density at radius 3 is 2.27 bits per heavy atom. The fraction of sp³-hybridized carbons (Fsp3) is 0.395. The predicted octanol–water partition coefficient (Wildman–Crippen LogP) is 7.26. The maximum atomic E-state index is 13.6. The number of halogens is 4. The third-order valence-corrected chi connectivity index (χ3v) is 11.2. The zero-order valence-corrected chi connectivity index (χ0v) is 33.5. The molecule has 1 unspecified atom stereocenters. The quantitative estimate of drug-likeness (QED) is 0.0479. The third kappa shape index (κ3) is 12.5. The highest BCUT2D eigenvalue weighted by Gasteiger charge is 2.38. The first-order chi connectivity index (χ1) is 28.5. The van der Waals surface area contributed by atoms with Gasteiger partial charge in [-0.2, -0.15) is 13.5 Å². The van der Waals surface area contributed by atoms with Crippen LogP contribution in [0.3, 0.4) is 0 Å². The summed E-state index contributed by atoms with van der Waals surface area (Å²) in [6.45, 7) is 0.176. The molecular formula is C43H45Cl2F2N3O9. The average Bonchev–Trinajstić information content (AvgIpc) is 4.04. The van der Waals surface area contributed by atoms with Gasteiger partial charge in [-0.3, -0.25) is 19.8 Å². The van der Waals surface area contributed by atoms with Crippen molar-refractivity contribution in [2.45, 2.75) is 69.9 Å². The van der Waals surface area contributed by atoms with E-state index in [9.17, 15) is 23.6 Å². The average molecular weight is 857 g/mol. The summed E-state index contributed by atoms with van der Waals surface area (Å²) in [7, 11) is 0. The fourth-order valence-corrected chi connectivity index (χ4v) is 7.94. The lowest BCUT2D eigenvalue weighted by molar-refractivity contribution is -0.605. The zero-order chi connectivity index (χ0) is 41.9. The summed E-state index contributed by atoms with van der Waals surface area (Å²) in [4.78, 5) is 38.0. The second kappa shape index (κ2) is 20.8. The molecule has 1 aromatic heterocycles. The molecule has 2 N–H and O–H groups in total. The number of nitrogens with zero attached hydrogens (tertiary/aromatic N) is 2. The van der Waals surface area contributed by atoms with E-state index in [-0.39, 0.29) is 52.9 Å². The number of nitrogens with one attached hydrogen (secondary N) is 1. The molecule has 4 aromatic rings. The minimum absolute atomic E-state index is 0.0259. The van der Waals surface area contributed by atoms with E-state index in [0.717, 1.165) is 68.8 Å². The summed E-state index contributed by atoms with van der Waals surface area (Å²) in [5.74, 6) is -0.265. The van der Waals surface area contributed by atoms with Gasteiger partial charge in [0.1, 0.15) is 28.3 Å². The lowest BCUT2D eigenvalue weighted by Crippen LogP contribution is -2.52. The second-order valence-electron chi connectivity index (χ2n) is 14.8. The lowest BCUT2D eigenvalue weighted by atomic mass is 9.86. The van der Waals surface area contributed by atoms with E-state index in [0.29, 0.717) is 46.4 Å². The molecule has 0 amide bonds. The van der Waals surface area contributed by atoms with Crippen molar-refractivity contribution in [3.63, 3.8) is 0 Å². The summed E-state index contributed by atoms with van der Waals surface area (Å²) >= 11 is 12.8. The van der Waals surface area contributed by atoms with Crippen molar-refractivity contribution in [2.75, 3.05) is 26.2 Å². The van der Waals surface area contributed by atoms with Crippen molar-refractivity contribution in [2.24, 2.45) is 11.8 Å². The maximum Gasteiger partial charge on any atom is 0.387 e. The number of hydrogen-bond donors (Lipinski definition) is 2. The topological polar surface area (TPSA) is 151 Å². The van der Waals surface area contributed by atoms with Gasteiger partial charge in [0.2, 0.25) is 0 Å². The normalized spacial score (nSPS) is 19.2. The van der Waals surface area contributed by atoms with Crippen molar-refractivity contribution in [3.05, 3.63) is 128 Å². The third-order valence-electron chi connectivity index (χ3n) is 10.5. The van der Waals surface area contributed by atoms with E-state index in [1.165, 1.54) is 18.2 Å². The second-order valence-corrected chi connectivity index (χ2v) is 15.6. The van der Waals surface area contributed by atoms with Crippen LogP contribution in [0.15, 0.2) is 85.2 Å². The molecule has 2 bridgehead atoms. The van der Waals surface area contributed by atoms with Crippen LogP contribution < -0.4 is 19.5 Å². The number of hydrogen-bond acceptors (Lipinski definition) is 10. The highest BCUT2D eigenvalue weighted by molar-refractivity contribution is 6.35. The molecule has 8 rings (SSSR count). The Hall–Kier alpha value is -5.02. The number of fused-ring (bicyclic) bond motifs is 3. The molecule has 314 valence electrons. The van der Waals surface area contributed by atoms with Crippen molar-refractivity contribution >= 4 is 41.6 Å². The van der Waals surface area contributed by atoms with Gasteiger partial charge >= 0.3 is 18.6 Å². The summed E-state index contributed by atoms with van der Waals surface area (Å²) in [6, 6.07) is 20.5. The van der Waals surface area contributed by atoms with Gasteiger partial charge in [0.05, 0.1) is 13.0 Å². The van der Waals surface area contributed by atoms with Gasteiger partial charge in [0.15, 0.2) is 23.9 Å². The van der Waals surface area contributed by atoms with Gasteiger partial charge in [0.25, 0.3) is 6.47 Å². The van der Waals surface area contributed by atoms with Crippen molar-refractivity contribution in [1.82, 2.24) is 10.2 Å². The van der Waals surface area contributed by atoms with E-state index < -0.39 is 24.7 Å². The van der Waals surface area contributed by atoms with Crippen LogP contribution in [0.25, 0.3) is 0 Å². The molecule has 4 fully saturated rings. The Kier molecular flexibility index (Phi) is 15.3. The van der Waals surface area contributed by atoms with Gasteiger partial charge in [-0.15, -0.1) is 0 Å².